The van der Waals surface area contributed by atoms with Crippen molar-refractivity contribution >= 4 is 27.5 Å². The van der Waals surface area contributed by atoms with Gasteiger partial charge >= 0.3 is 0 Å². The molecule has 84 valence electrons. The van der Waals surface area contributed by atoms with E-state index in [0.29, 0.717) is 6.42 Å². The summed E-state index contributed by atoms with van der Waals surface area (Å²) in [5.74, 6) is 2.59. The molecular weight excluding hydrogens is 266 g/mol. The van der Waals surface area contributed by atoms with Crippen LogP contribution in [0.1, 0.15) is 25.7 Å². The summed E-state index contributed by atoms with van der Waals surface area (Å²) < 4.78 is 0.895. The van der Waals surface area contributed by atoms with E-state index in [9.17, 15) is 4.79 Å². The first-order valence-corrected chi connectivity index (χ1v) is 6.01. The number of halogens is 1. The summed E-state index contributed by atoms with van der Waals surface area (Å²) in [4.78, 5) is 11.5. The van der Waals surface area contributed by atoms with Gasteiger partial charge in [0.15, 0.2) is 0 Å². The summed E-state index contributed by atoms with van der Waals surface area (Å²) in [6.07, 6.45) is 8.12. The number of nitrogens with one attached hydrogen (secondary N) is 1. The van der Waals surface area contributed by atoms with E-state index in [1.54, 1.807) is 0 Å². The Labute approximate surface area is 105 Å². The molecular formula is C13H14BrNO. The highest BCUT2D eigenvalue weighted by Gasteiger charge is 2.03. The normalized spacial score (nSPS) is 9.50. The highest BCUT2D eigenvalue weighted by atomic mass is 79.9. The van der Waals surface area contributed by atoms with Crippen molar-refractivity contribution in [3.05, 3.63) is 28.7 Å². The van der Waals surface area contributed by atoms with E-state index in [4.69, 9.17) is 6.42 Å². The van der Waals surface area contributed by atoms with Crippen molar-refractivity contribution in [2.75, 3.05) is 5.32 Å². The SMILES string of the molecule is C#CCCCCC(=O)Nc1ccccc1Br. The molecule has 0 spiro atoms. The Bertz CT molecular complexity index is 395. The number of hydrogen-bond donors (Lipinski definition) is 1. The summed E-state index contributed by atoms with van der Waals surface area (Å²) in [6, 6.07) is 7.56. The molecule has 0 heterocycles. The summed E-state index contributed by atoms with van der Waals surface area (Å²) >= 11 is 3.38. The van der Waals surface area contributed by atoms with E-state index in [-0.39, 0.29) is 5.91 Å². The van der Waals surface area contributed by atoms with E-state index >= 15 is 0 Å². The Morgan fingerprint density at radius 3 is 2.81 bits per heavy atom. The third kappa shape index (κ3) is 4.50. The van der Waals surface area contributed by atoms with Crippen LogP contribution in [-0.4, -0.2) is 5.91 Å². The lowest BCUT2D eigenvalue weighted by molar-refractivity contribution is -0.116. The number of amides is 1. The number of para-hydroxylation sites is 1. The third-order valence-corrected chi connectivity index (χ3v) is 2.81. The van der Waals surface area contributed by atoms with Gasteiger partial charge in [-0.05, 0) is 40.9 Å². The summed E-state index contributed by atoms with van der Waals surface area (Å²) in [7, 11) is 0. The molecule has 0 atom stereocenters. The van der Waals surface area contributed by atoms with Gasteiger partial charge in [0.1, 0.15) is 0 Å². The van der Waals surface area contributed by atoms with Crippen LogP contribution in [0.2, 0.25) is 0 Å². The minimum absolute atomic E-state index is 0.0314. The third-order valence-electron chi connectivity index (χ3n) is 2.12. The summed E-state index contributed by atoms with van der Waals surface area (Å²) in [5, 5.41) is 2.85. The highest BCUT2D eigenvalue weighted by Crippen LogP contribution is 2.21. The van der Waals surface area contributed by atoms with E-state index in [0.717, 1.165) is 29.4 Å². The molecule has 0 aliphatic carbocycles. The number of carbonyl (C=O) groups excluding carboxylic acids is 1. The van der Waals surface area contributed by atoms with Crippen molar-refractivity contribution in [2.45, 2.75) is 25.7 Å². The Morgan fingerprint density at radius 1 is 1.38 bits per heavy atom. The van der Waals surface area contributed by atoms with Crippen LogP contribution in [0.25, 0.3) is 0 Å². The van der Waals surface area contributed by atoms with Crippen molar-refractivity contribution < 1.29 is 4.79 Å². The molecule has 1 amide bonds. The lowest BCUT2D eigenvalue weighted by Crippen LogP contribution is -2.11. The maximum Gasteiger partial charge on any atom is 0.224 e. The van der Waals surface area contributed by atoms with Crippen LogP contribution >= 0.6 is 15.9 Å². The molecule has 1 N–H and O–H groups in total. The zero-order valence-corrected chi connectivity index (χ0v) is 10.6. The number of unbranched alkanes of at least 4 members (excludes halogenated alkanes) is 2. The van der Waals surface area contributed by atoms with Crippen LogP contribution < -0.4 is 5.32 Å². The molecule has 1 rings (SSSR count). The molecule has 0 unspecified atom stereocenters. The van der Waals surface area contributed by atoms with Crippen molar-refractivity contribution in [2.24, 2.45) is 0 Å². The second-order valence-electron chi connectivity index (χ2n) is 3.44. The topological polar surface area (TPSA) is 29.1 Å². The second-order valence-corrected chi connectivity index (χ2v) is 4.29. The van der Waals surface area contributed by atoms with Gasteiger partial charge in [-0.3, -0.25) is 4.79 Å². The fraction of sp³-hybridized carbons (Fsp3) is 0.308. The van der Waals surface area contributed by atoms with E-state index in [1.807, 2.05) is 24.3 Å². The molecule has 0 fully saturated rings. The molecule has 2 nitrogen and oxygen atoms in total. The van der Waals surface area contributed by atoms with E-state index < -0.39 is 0 Å². The van der Waals surface area contributed by atoms with Gasteiger partial charge in [0.05, 0.1) is 5.69 Å². The molecule has 0 radical (unpaired) electrons. The lowest BCUT2D eigenvalue weighted by atomic mass is 10.2. The molecule has 3 heteroatoms. The van der Waals surface area contributed by atoms with Gasteiger partial charge in [0.25, 0.3) is 0 Å². The number of hydrogen-bond acceptors (Lipinski definition) is 1. The Balaban J connectivity index is 2.35. The number of anilines is 1. The number of carbonyl (C=O) groups is 1. The van der Waals surface area contributed by atoms with E-state index in [2.05, 4.69) is 27.2 Å². The fourth-order valence-corrected chi connectivity index (χ4v) is 1.67. The van der Waals surface area contributed by atoms with Crippen molar-refractivity contribution in [3.63, 3.8) is 0 Å². The Kier molecular flexibility index (Phi) is 5.66. The average molecular weight is 280 g/mol. The quantitative estimate of drug-likeness (QED) is 0.648. The van der Waals surface area contributed by atoms with E-state index in [1.165, 1.54) is 0 Å². The monoisotopic (exact) mass is 279 g/mol. The minimum Gasteiger partial charge on any atom is -0.325 e. The minimum atomic E-state index is 0.0314. The van der Waals surface area contributed by atoms with Crippen LogP contribution in [0.5, 0.6) is 0 Å². The maximum absolute atomic E-state index is 11.5. The molecule has 0 bridgehead atoms. The van der Waals surface area contributed by atoms with Gasteiger partial charge < -0.3 is 5.32 Å². The first-order valence-electron chi connectivity index (χ1n) is 5.22. The molecule has 0 aliphatic heterocycles. The molecule has 1 aromatic rings. The zero-order chi connectivity index (χ0) is 11.8. The predicted octanol–water partition coefficient (Wildman–Crippen LogP) is 3.58. The molecule has 0 aliphatic rings. The molecule has 0 aromatic heterocycles. The summed E-state index contributed by atoms with van der Waals surface area (Å²) in [6.45, 7) is 0. The first-order chi connectivity index (χ1) is 7.74. The zero-order valence-electron chi connectivity index (χ0n) is 9.00. The van der Waals surface area contributed by atoms with Gasteiger partial charge in [-0.15, -0.1) is 12.3 Å². The van der Waals surface area contributed by atoms with Crippen molar-refractivity contribution in [1.82, 2.24) is 0 Å². The smallest absolute Gasteiger partial charge is 0.224 e. The van der Waals surface area contributed by atoms with Crippen molar-refractivity contribution in [3.8, 4) is 12.3 Å². The Hall–Kier alpha value is -1.27. The average Bonchev–Trinajstić information content (AvgIpc) is 2.28. The lowest BCUT2D eigenvalue weighted by Gasteiger charge is -2.06. The van der Waals surface area contributed by atoms with Gasteiger partial charge in [-0.2, -0.15) is 0 Å². The first kappa shape index (κ1) is 12.8. The highest BCUT2D eigenvalue weighted by molar-refractivity contribution is 9.10. The maximum atomic E-state index is 11.5. The molecule has 0 saturated heterocycles. The van der Waals surface area contributed by atoms with Crippen LogP contribution in [0, 0.1) is 12.3 Å². The summed E-state index contributed by atoms with van der Waals surface area (Å²) in [5.41, 5.74) is 0.810. The number of rotatable bonds is 5. The van der Waals surface area contributed by atoms with Crippen LogP contribution in [0.15, 0.2) is 28.7 Å². The largest absolute Gasteiger partial charge is 0.325 e. The van der Waals surface area contributed by atoms with Gasteiger partial charge in [0.2, 0.25) is 5.91 Å². The number of benzene rings is 1. The Morgan fingerprint density at radius 2 is 2.12 bits per heavy atom. The van der Waals surface area contributed by atoms with Crippen LogP contribution in [-0.2, 0) is 4.79 Å². The number of terminal acetylenes is 1. The standard InChI is InChI=1S/C13H14BrNO/c1-2-3-4-5-10-13(16)15-12-9-7-6-8-11(12)14/h1,6-9H,3-5,10H2,(H,15,16). The van der Waals surface area contributed by atoms with Crippen LogP contribution in [0.4, 0.5) is 5.69 Å². The fourth-order valence-electron chi connectivity index (χ4n) is 1.29. The molecule has 1 aromatic carbocycles. The van der Waals surface area contributed by atoms with Crippen LogP contribution in [0.3, 0.4) is 0 Å². The van der Waals surface area contributed by atoms with Gasteiger partial charge in [-0.1, -0.05) is 12.1 Å². The predicted molar refractivity (Wildman–Crippen MR) is 70.1 cm³/mol. The van der Waals surface area contributed by atoms with Gasteiger partial charge in [0, 0.05) is 17.3 Å². The van der Waals surface area contributed by atoms with Crippen molar-refractivity contribution in [1.29, 1.82) is 0 Å². The second kappa shape index (κ2) is 7.08. The van der Waals surface area contributed by atoms with Gasteiger partial charge in [-0.25, -0.2) is 0 Å². The molecule has 0 saturated carbocycles. The molecule has 16 heavy (non-hydrogen) atoms.